The van der Waals surface area contributed by atoms with Crippen LogP contribution in [-0.2, 0) is 4.74 Å². The number of hydrogen-bond acceptors (Lipinski definition) is 3. The molecular weight excluding hydrogens is 154 g/mol. The first-order valence-corrected chi connectivity index (χ1v) is 4.84. The molecule has 1 rings (SSSR count). The van der Waals surface area contributed by atoms with Gasteiger partial charge in [0.1, 0.15) is 0 Å². The van der Waals surface area contributed by atoms with Crippen LogP contribution in [0.3, 0.4) is 0 Å². The van der Waals surface area contributed by atoms with Crippen molar-refractivity contribution in [2.24, 2.45) is 5.73 Å². The first-order valence-electron chi connectivity index (χ1n) is 4.84. The van der Waals surface area contributed by atoms with Crippen molar-refractivity contribution in [2.75, 3.05) is 13.2 Å². The molecule has 0 aromatic heterocycles. The van der Waals surface area contributed by atoms with E-state index in [1.165, 1.54) is 12.8 Å². The van der Waals surface area contributed by atoms with E-state index in [-0.39, 0.29) is 12.2 Å². The van der Waals surface area contributed by atoms with Crippen molar-refractivity contribution < 1.29 is 9.84 Å². The highest BCUT2D eigenvalue weighted by atomic mass is 16.5. The fourth-order valence-corrected chi connectivity index (χ4v) is 1.67. The van der Waals surface area contributed by atoms with Gasteiger partial charge in [0.25, 0.3) is 0 Å². The molecule has 0 heterocycles. The van der Waals surface area contributed by atoms with E-state index in [9.17, 15) is 5.11 Å². The zero-order valence-corrected chi connectivity index (χ0v) is 7.54. The van der Waals surface area contributed by atoms with Crippen LogP contribution in [0.5, 0.6) is 0 Å². The predicted molar refractivity (Wildman–Crippen MR) is 47.9 cm³/mol. The quantitative estimate of drug-likeness (QED) is 0.616. The molecule has 2 atom stereocenters. The molecule has 0 aliphatic heterocycles. The van der Waals surface area contributed by atoms with Gasteiger partial charge in [-0.1, -0.05) is 19.3 Å². The topological polar surface area (TPSA) is 55.5 Å². The van der Waals surface area contributed by atoms with Gasteiger partial charge in [0.2, 0.25) is 0 Å². The van der Waals surface area contributed by atoms with Gasteiger partial charge in [-0.25, -0.2) is 0 Å². The smallest absolute Gasteiger partial charge is 0.0834 e. The van der Waals surface area contributed by atoms with Crippen LogP contribution in [0.4, 0.5) is 0 Å². The van der Waals surface area contributed by atoms with Crippen LogP contribution in [0.1, 0.15) is 32.1 Å². The van der Waals surface area contributed by atoms with Gasteiger partial charge < -0.3 is 15.6 Å². The summed E-state index contributed by atoms with van der Waals surface area (Å²) < 4.78 is 5.45. The molecule has 0 bridgehead atoms. The lowest BCUT2D eigenvalue weighted by atomic mass is 10.1. The van der Waals surface area contributed by atoms with Crippen molar-refractivity contribution in [3.8, 4) is 0 Å². The summed E-state index contributed by atoms with van der Waals surface area (Å²) in [6, 6.07) is 0. The molecule has 12 heavy (non-hydrogen) atoms. The number of ether oxygens (including phenoxy) is 1. The molecule has 2 unspecified atom stereocenters. The minimum absolute atomic E-state index is 0.0380. The Balaban J connectivity index is 2.26. The van der Waals surface area contributed by atoms with Crippen molar-refractivity contribution >= 4 is 0 Å². The van der Waals surface area contributed by atoms with Gasteiger partial charge in [-0.2, -0.15) is 0 Å². The molecule has 3 nitrogen and oxygen atoms in total. The Morgan fingerprint density at radius 2 is 2.00 bits per heavy atom. The summed E-state index contributed by atoms with van der Waals surface area (Å²) in [5.74, 6) is 0. The minimum Gasteiger partial charge on any atom is -0.390 e. The van der Waals surface area contributed by atoms with E-state index >= 15 is 0 Å². The Bertz CT molecular complexity index is 119. The Morgan fingerprint density at radius 3 is 2.75 bits per heavy atom. The Labute approximate surface area is 73.9 Å². The van der Waals surface area contributed by atoms with Gasteiger partial charge >= 0.3 is 0 Å². The average Bonchev–Trinajstić information content (AvgIpc) is 2.27. The number of aliphatic hydroxyl groups excluding tert-OH is 1. The van der Waals surface area contributed by atoms with E-state index in [0.717, 1.165) is 19.3 Å². The van der Waals surface area contributed by atoms with Crippen LogP contribution >= 0.6 is 0 Å². The minimum atomic E-state index is -0.265. The highest BCUT2D eigenvalue weighted by molar-refractivity contribution is 4.73. The Hall–Kier alpha value is -0.120. The van der Waals surface area contributed by atoms with Crippen molar-refractivity contribution in [1.82, 2.24) is 0 Å². The maximum atomic E-state index is 9.61. The molecule has 1 fully saturated rings. The second-order valence-electron chi connectivity index (χ2n) is 3.40. The average molecular weight is 173 g/mol. The van der Waals surface area contributed by atoms with E-state index in [0.29, 0.717) is 13.2 Å². The van der Waals surface area contributed by atoms with Crippen LogP contribution in [0.15, 0.2) is 0 Å². The number of aliphatic hydroxyl groups is 1. The van der Waals surface area contributed by atoms with Crippen LogP contribution < -0.4 is 5.73 Å². The van der Waals surface area contributed by atoms with Crippen LogP contribution in [-0.4, -0.2) is 30.5 Å². The summed E-state index contributed by atoms with van der Waals surface area (Å²) in [7, 11) is 0. The molecule has 0 aromatic rings. The SMILES string of the molecule is NCCOC1CCCCCC1O. The third-order valence-corrected chi connectivity index (χ3v) is 2.37. The van der Waals surface area contributed by atoms with Crippen LogP contribution in [0.25, 0.3) is 0 Å². The van der Waals surface area contributed by atoms with Crippen molar-refractivity contribution in [1.29, 1.82) is 0 Å². The largest absolute Gasteiger partial charge is 0.390 e. The normalized spacial score (nSPS) is 31.5. The lowest BCUT2D eigenvalue weighted by Crippen LogP contribution is -2.29. The van der Waals surface area contributed by atoms with E-state index in [1.807, 2.05) is 0 Å². The molecule has 0 radical (unpaired) electrons. The zero-order chi connectivity index (χ0) is 8.81. The molecule has 1 saturated carbocycles. The van der Waals surface area contributed by atoms with Crippen molar-refractivity contribution in [3.63, 3.8) is 0 Å². The first-order chi connectivity index (χ1) is 5.84. The monoisotopic (exact) mass is 173 g/mol. The summed E-state index contributed by atoms with van der Waals surface area (Å²) in [6.07, 6.45) is 5.17. The summed E-state index contributed by atoms with van der Waals surface area (Å²) >= 11 is 0. The lowest BCUT2D eigenvalue weighted by Gasteiger charge is -2.20. The molecule has 3 heteroatoms. The van der Waals surface area contributed by atoms with Crippen LogP contribution in [0, 0.1) is 0 Å². The number of hydrogen-bond donors (Lipinski definition) is 2. The fraction of sp³-hybridized carbons (Fsp3) is 1.00. The Kier molecular flexibility index (Phi) is 4.58. The maximum Gasteiger partial charge on any atom is 0.0834 e. The van der Waals surface area contributed by atoms with Crippen molar-refractivity contribution in [3.05, 3.63) is 0 Å². The summed E-state index contributed by atoms with van der Waals surface area (Å²) in [5, 5.41) is 9.61. The fourth-order valence-electron chi connectivity index (χ4n) is 1.67. The molecule has 1 aliphatic carbocycles. The molecule has 0 amide bonds. The third kappa shape index (κ3) is 3.09. The third-order valence-electron chi connectivity index (χ3n) is 2.37. The molecule has 0 saturated heterocycles. The van der Waals surface area contributed by atoms with Gasteiger partial charge in [0.05, 0.1) is 18.8 Å². The molecular formula is C9H19NO2. The van der Waals surface area contributed by atoms with Gasteiger partial charge in [-0.05, 0) is 12.8 Å². The van der Waals surface area contributed by atoms with E-state index in [4.69, 9.17) is 10.5 Å². The summed E-state index contributed by atoms with van der Waals surface area (Å²) in [4.78, 5) is 0. The Morgan fingerprint density at radius 1 is 1.25 bits per heavy atom. The molecule has 72 valence electrons. The summed E-state index contributed by atoms with van der Waals surface area (Å²) in [5.41, 5.74) is 5.32. The van der Waals surface area contributed by atoms with Gasteiger partial charge in [-0.15, -0.1) is 0 Å². The van der Waals surface area contributed by atoms with Gasteiger partial charge in [0, 0.05) is 6.54 Å². The molecule has 3 N–H and O–H groups in total. The number of rotatable bonds is 3. The predicted octanol–water partition coefficient (Wildman–Crippen LogP) is 0.655. The molecule has 1 aliphatic rings. The highest BCUT2D eigenvalue weighted by Crippen LogP contribution is 2.20. The maximum absolute atomic E-state index is 9.61. The second-order valence-corrected chi connectivity index (χ2v) is 3.40. The van der Waals surface area contributed by atoms with Gasteiger partial charge in [-0.3, -0.25) is 0 Å². The van der Waals surface area contributed by atoms with Gasteiger partial charge in [0.15, 0.2) is 0 Å². The zero-order valence-electron chi connectivity index (χ0n) is 7.54. The number of nitrogens with two attached hydrogens (primary N) is 1. The molecule has 0 spiro atoms. The van der Waals surface area contributed by atoms with Crippen molar-refractivity contribution in [2.45, 2.75) is 44.3 Å². The van der Waals surface area contributed by atoms with E-state index in [1.54, 1.807) is 0 Å². The highest BCUT2D eigenvalue weighted by Gasteiger charge is 2.21. The standard InChI is InChI=1S/C9H19NO2/c10-6-7-12-9-5-3-1-2-4-8(9)11/h8-9,11H,1-7,10H2. The first kappa shape index (κ1) is 9.96. The molecule has 0 aromatic carbocycles. The summed E-state index contributed by atoms with van der Waals surface area (Å²) in [6.45, 7) is 1.12. The second kappa shape index (κ2) is 5.51. The van der Waals surface area contributed by atoms with E-state index < -0.39 is 0 Å². The lowest BCUT2D eigenvalue weighted by molar-refractivity contribution is -0.0371. The van der Waals surface area contributed by atoms with Crippen LogP contribution in [0.2, 0.25) is 0 Å². The van der Waals surface area contributed by atoms with E-state index in [2.05, 4.69) is 0 Å².